The second-order valence-electron chi connectivity index (χ2n) is 12.0. The minimum atomic E-state index is 0.599. The molecule has 0 aliphatic heterocycles. The van der Waals surface area contributed by atoms with Crippen LogP contribution >= 0.6 is 0 Å². The van der Waals surface area contributed by atoms with E-state index in [0.29, 0.717) is 11.5 Å². The lowest BCUT2D eigenvalue weighted by Gasteiger charge is -2.25. The first-order chi connectivity index (χ1) is 23.8. The van der Waals surface area contributed by atoms with Crippen molar-refractivity contribution >= 4 is 72.0 Å². The van der Waals surface area contributed by atoms with E-state index in [2.05, 4.69) is 95.9 Å². The molecule has 0 saturated heterocycles. The van der Waals surface area contributed by atoms with Gasteiger partial charge in [0.2, 0.25) is 5.89 Å². The lowest BCUT2D eigenvalue weighted by molar-refractivity contribution is 0.617. The minimum absolute atomic E-state index is 0.599. The number of benzene rings is 7. The number of hydrogen-bond donors (Lipinski definition) is 0. The fourth-order valence-corrected chi connectivity index (χ4v) is 6.86. The Balaban J connectivity index is 1.08. The summed E-state index contributed by atoms with van der Waals surface area (Å²) in [7, 11) is 0. The number of nitrogens with zero attached hydrogens (tertiary/aromatic N) is 2. The van der Waals surface area contributed by atoms with Crippen molar-refractivity contribution < 1.29 is 13.3 Å². The van der Waals surface area contributed by atoms with Crippen molar-refractivity contribution in [2.75, 3.05) is 4.90 Å². The molecule has 0 spiro atoms. The van der Waals surface area contributed by atoms with Gasteiger partial charge in [0, 0.05) is 50.2 Å². The van der Waals surface area contributed by atoms with E-state index in [1.165, 1.54) is 0 Å². The Bertz CT molecular complexity index is 2770. The van der Waals surface area contributed by atoms with E-state index in [9.17, 15) is 0 Å². The van der Waals surface area contributed by atoms with E-state index in [1.807, 2.05) is 66.7 Å². The van der Waals surface area contributed by atoms with Crippen molar-refractivity contribution in [1.29, 1.82) is 0 Å². The van der Waals surface area contributed by atoms with E-state index >= 15 is 0 Å². The molecule has 0 atom stereocenters. The molecule has 7 aromatic carbocycles. The molecule has 3 aromatic heterocycles. The summed E-state index contributed by atoms with van der Waals surface area (Å²) in [5, 5.41) is 4.27. The first-order valence-corrected chi connectivity index (χ1v) is 15.9. The van der Waals surface area contributed by atoms with Gasteiger partial charge in [-0.2, -0.15) is 0 Å². The van der Waals surface area contributed by atoms with Crippen LogP contribution in [0.1, 0.15) is 0 Å². The fraction of sp³-hybridized carbons (Fsp3) is 0. The van der Waals surface area contributed by atoms with Gasteiger partial charge in [0.25, 0.3) is 0 Å². The SMILES string of the molecule is c1ccc(-c2nc3cc4c(cc3o2)oc2cccc(-c3ccc(N(c5ccccc5)c5ccc6oc7ccccc7c6c5)cc3)c24)cc1. The van der Waals surface area contributed by atoms with Gasteiger partial charge < -0.3 is 18.2 Å². The Kier molecular flexibility index (Phi) is 5.81. The molecule has 5 heteroatoms. The monoisotopic (exact) mass is 618 g/mol. The lowest BCUT2D eigenvalue weighted by atomic mass is 9.99. The maximum atomic E-state index is 6.37. The summed E-state index contributed by atoms with van der Waals surface area (Å²) in [6.45, 7) is 0. The first-order valence-electron chi connectivity index (χ1n) is 15.9. The lowest BCUT2D eigenvalue weighted by Crippen LogP contribution is -2.09. The van der Waals surface area contributed by atoms with Gasteiger partial charge in [0.05, 0.1) is 0 Å². The van der Waals surface area contributed by atoms with Crippen molar-refractivity contribution in [1.82, 2.24) is 4.98 Å². The highest BCUT2D eigenvalue weighted by atomic mass is 16.4. The molecule has 5 nitrogen and oxygen atoms in total. The average molecular weight is 619 g/mol. The number of hydrogen-bond acceptors (Lipinski definition) is 5. The largest absolute Gasteiger partial charge is 0.456 e. The second-order valence-corrected chi connectivity index (χ2v) is 12.0. The Morgan fingerprint density at radius 1 is 0.396 bits per heavy atom. The molecule has 48 heavy (non-hydrogen) atoms. The molecule has 0 aliphatic rings. The molecule has 0 unspecified atom stereocenters. The molecular weight excluding hydrogens is 592 g/mol. The molecule has 10 aromatic rings. The summed E-state index contributed by atoms with van der Waals surface area (Å²) in [6.07, 6.45) is 0. The van der Waals surface area contributed by atoms with Gasteiger partial charge >= 0.3 is 0 Å². The van der Waals surface area contributed by atoms with Gasteiger partial charge in [-0.3, -0.25) is 0 Å². The quantitative estimate of drug-likeness (QED) is 0.192. The van der Waals surface area contributed by atoms with Crippen molar-refractivity contribution in [3.63, 3.8) is 0 Å². The summed E-state index contributed by atoms with van der Waals surface area (Å²) in [4.78, 5) is 7.11. The predicted molar refractivity (Wildman–Crippen MR) is 194 cm³/mol. The minimum Gasteiger partial charge on any atom is -0.456 e. The van der Waals surface area contributed by atoms with Crippen LogP contribution in [0.5, 0.6) is 0 Å². The number of aromatic nitrogens is 1. The topological polar surface area (TPSA) is 55.6 Å². The molecule has 0 radical (unpaired) electrons. The van der Waals surface area contributed by atoms with Crippen LogP contribution in [0.4, 0.5) is 17.1 Å². The molecule has 0 aliphatic carbocycles. The normalized spacial score (nSPS) is 11.8. The third kappa shape index (κ3) is 4.22. The number of rotatable bonds is 5. The molecular formula is C43H26N2O3. The zero-order chi connectivity index (χ0) is 31.6. The summed E-state index contributed by atoms with van der Waals surface area (Å²) >= 11 is 0. The molecule has 0 N–H and O–H groups in total. The van der Waals surface area contributed by atoms with Crippen LogP contribution in [0.3, 0.4) is 0 Å². The highest BCUT2D eigenvalue weighted by molar-refractivity contribution is 6.15. The summed E-state index contributed by atoms with van der Waals surface area (Å²) in [5.41, 5.74) is 11.2. The van der Waals surface area contributed by atoms with Crippen molar-refractivity contribution in [3.8, 4) is 22.6 Å². The van der Waals surface area contributed by atoms with E-state index in [4.69, 9.17) is 18.2 Å². The number of para-hydroxylation sites is 2. The summed E-state index contributed by atoms with van der Waals surface area (Å²) in [6, 6.07) is 54.0. The summed E-state index contributed by atoms with van der Waals surface area (Å²) in [5.74, 6) is 0.599. The van der Waals surface area contributed by atoms with Gasteiger partial charge in [0.1, 0.15) is 27.8 Å². The Morgan fingerprint density at radius 3 is 1.94 bits per heavy atom. The van der Waals surface area contributed by atoms with Crippen LogP contribution in [-0.2, 0) is 0 Å². The zero-order valence-corrected chi connectivity index (χ0v) is 25.6. The molecule has 0 saturated carbocycles. The zero-order valence-electron chi connectivity index (χ0n) is 25.6. The van der Waals surface area contributed by atoms with Gasteiger partial charge in [-0.1, -0.05) is 78.9 Å². The Hall–Kier alpha value is -6.59. The van der Waals surface area contributed by atoms with Crippen LogP contribution in [0.15, 0.2) is 171 Å². The third-order valence-electron chi connectivity index (χ3n) is 9.10. The van der Waals surface area contributed by atoms with Crippen molar-refractivity contribution in [2.24, 2.45) is 0 Å². The number of anilines is 3. The predicted octanol–water partition coefficient (Wildman–Crippen LogP) is 12.4. The maximum absolute atomic E-state index is 6.37. The van der Waals surface area contributed by atoms with Crippen molar-refractivity contribution in [2.45, 2.75) is 0 Å². The van der Waals surface area contributed by atoms with Gasteiger partial charge in [-0.25, -0.2) is 4.98 Å². The maximum Gasteiger partial charge on any atom is 0.227 e. The Morgan fingerprint density at radius 2 is 1.08 bits per heavy atom. The van der Waals surface area contributed by atoms with Crippen LogP contribution < -0.4 is 4.90 Å². The van der Waals surface area contributed by atoms with Gasteiger partial charge in [-0.15, -0.1) is 0 Å². The first kappa shape index (κ1) is 26.6. The fourth-order valence-electron chi connectivity index (χ4n) is 6.86. The molecule has 0 fully saturated rings. The average Bonchev–Trinajstić information content (AvgIpc) is 3.84. The van der Waals surface area contributed by atoms with Gasteiger partial charge in [0.15, 0.2) is 5.58 Å². The second kappa shape index (κ2) is 10.5. The molecule has 3 heterocycles. The molecule has 226 valence electrons. The van der Waals surface area contributed by atoms with E-state index in [-0.39, 0.29) is 0 Å². The molecule has 0 amide bonds. The summed E-state index contributed by atoms with van der Waals surface area (Å²) < 4.78 is 18.6. The van der Waals surface area contributed by atoms with E-state index < -0.39 is 0 Å². The van der Waals surface area contributed by atoms with Crippen molar-refractivity contribution in [3.05, 3.63) is 158 Å². The molecule has 0 bridgehead atoms. The number of fused-ring (bicyclic) bond motifs is 7. The smallest absolute Gasteiger partial charge is 0.227 e. The number of oxazole rings is 1. The van der Waals surface area contributed by atoms with Crippen LogP contribution in [-0.4, -0.2) is 4.98 Å². The van der Waals surface area contributed by atoms with E-state index in [0.717, 1.165) is 83.1 Å². The third-order valence-corrected chi connectivity index (χ3v) is 9.10. The van der Waals surface area contributed by atoms with Crippen LogP contribution in [0, 0.1) is 0 Å². The van der Waals surface area contributed by atoms with Crippen LogP contribution in [0.25, 0.3) is 77.6 Å². The standard InChI is InChI=1S/C43H26N2O3/c1-3-10-28(11-4-1)43-44-36-25-35-40(26-41(36)48-43)47-39-17-9-15-32(42(35)39)27-18-20-30(21-19-27)45(29-12-5-2-6-13-29)31-22-23-38-34(24-31)33-14-7-8-16-37(33)46-38/h1-26H. The van der Waals surface area contributed by atoms with Crippen LogP contribution in [0.2, 0.25) is 0 Å². The van der Waals surface area contributed by atoms with E-state index in [1.54, 1.807) is 0 Å². The number of furan rings is 2. The highest BCUT2D eigenvalue weighted by Crippen LogP contribution is 2.42. The Labute approximate surface area is 274 Å². The highest BCUT2D eigenvalue weighted by Gasteiger charge is 2.18. The molecule has 10 rings (SSSR count). The van der Waals surface area contributed by atoms with Gasteiger partial charge in [-0.05, 0) is 83.9 Å².